The van der Waals surface area contributed by atoms with Gasteiger partial charge < -0.3 is 20.1 Å². The van der Waals surface area contributed by atoms with Crippen LogP contribution in [0.4, 0.5) is 5.69 Å². The highest BCUT2D eigenvalue weighted by Crippen LogP contribution is 2.18. The second-order valence-electron chi connectivity index (χ2n) is 6.01. The van der Waals surface area contributed by atoms with Crippen molar-refractivity contribution in [2.75, 3.05) is 25.0 Å². The molecule has 5 heteroatoms. The van der Waals surface area contributed by atoms with E-state index in [1.165, 1.54) is 16.8 Å². The molecule has 2 aromatic rings. The normalized spacial score (nSPS) is 14.2. The molecule has 0 fully saturated rings. The molecule has 1 aliphatic rings. The SMILES string of the molecule is CN=C(NCc1cccc(N2CC=CC2)c1)NCc1ccn(C)c1. The van der Waals surface area contributed by atoms with Crippen molar-refractivity contribution >= 4 is 11.6 Å². The third-order valence-corrected chi connectivity index (χ3v) is 4.13. The number of nitrogens with zero attached hydrogens (tertiary/aromatic N) is 3. The Morgan fingerprint density at radius 1 is 1.08 bits per heavy atom. The molecule has 24 heavy (non-hydrogen) atoms. The molecule has 5 nitrogen and oxygen atoms in total. The minimum absolute atomic E-state index is 0.754. The summed E-state index contributed by atoms with van der Waals surface area (Å²) in [6.07, 6.45) is 8.57. The summed E-state index contributed by atoms with van der Waals surface area (Å²) < 4.78 is 2.05. The number of rotatable bonds is 5. The summed E-state index contributed by atoms with van der Waals surface area (Å²) in [5.41, 5.74) is 3.76. The number of nitrogens with one attached hydrogen (secondary N) is 2. The summed E-state index contributed by atoms with van der Waals surface area (Å²) >= 11 is 0. The molecule has 0 saturated heterocycles. The van der Waals surface area contributed by atoms with Gasteiger partial charge in [-0.05, 0) is 29.3 Å². The second kappa shape index (κ2) is 7.73. The lowest BCUT2D eigenvalue weighted by molar-refractivity contribution is 0.805. The first kappa shape index (κ1) is 16.2. The number of aryl methyl sites for hydroxylation is 1. The highest BCUT2D eigenvalue weighted by Gasteiger charge is 2.08. The van der Waals surface area contributed by atoms with E-state index in [9.17, 15) is 0 Å². The van der Waals surface area contributed by atoms with E-state index in [1.54, 1.807) is 7.05 Å². The summed E-state index contributed by atoms with van der Waals surface area (Å²) in [5.74, 6) is 0.812. The number of hydrogen-bond donors (Lipinski definition) is 2. The fraction of sp³-hybridized carbons (Fsp3) is 0.316. The van der Waals surface area contributed by atoms with Crippen molar-refractivity contribution in [3.8, 4) is 0 Å². The predicted molar refractivity (Wildman–Crippen MR) is 100 cm³/mol. The average molecular weight is 323 g/mol. The number of aromatic nitrogens is 1. The first-order valence-corrected chi connectivity index (χ1v) is 8.29. The summed E-state index contributed by atoms with van der Waals surface area (Å²) in [5, 5.41) is 6.72. The van der Waals surface area contributed by atoms with Crippen molar-refractivity contribution < 1.29 is 0 Å². The van der Waals surface area contributed by atoms with Gasteiger partial charge in [0.25, 0.3) is 0 Å². The zero-order valence-corrected chi connectivity index (χ0v) is 14.4. The Morgan fingerprint density at radius 2 is 1.83 bits per heavy atom. The lowest BCUT2D eigenvalue weighted by Crippen LogP contribution is -2.36. The smallest absolute Gasteiger partial charge is 0.191 e. The van der Waals surface area contributed by atoms with E-state index >= 15 is 0 Å². The Balaban J connectivity index is 1.52. The van der Waals surface area contributed by atoms with Gasteiger partial charge in [-0.2, -0.15) is 0 Å². The maximum absolute atomic E-state index is 4.29. The molecular formula is C19H25N5. The molecule has 3 rings (SSSR count). The van der Waals surface area contributed by atoms with Crippen LogP contribution in [0.2, 0.25) is 0 Å². The third-order valence-electron chi connectivity index (χ3n) is 4.13. The van der Waals surface area contributed by atoms with Gasteiger partial charge in [-0.15, -0.1) is 0 Å². The maximum atomic E-state index is 4.29. The van der Waals surface area contributed by atoms with Gasteiger partial charge in [0.15, 0.2) is 5.96 Å². The molecule has 0 spiro atoms. The van der Waals surface area contributed by atoms with Crippen molar-refractivity contribution in [1.82, 2.24) is 15.2 Å². The molecule has 2 heterocycles. The van der Waals surface area contributed by atoms with Gasteiger partial charge >= 0.3 is 0 Å². The molecule has 1 aromatic carbocycles. The first-order valence-electron chi connectivity index (χ1n) is 8.29. The van der Waals surface area contributed by atoms with Gasteiger partial charge in [0.1, 0.15) is 0 Å². The van der Waals surface area contributed by atoms with Crippen LogP contribution in [-0.4, -0.2) is 30.7 Å². The fourth-order valence-electron chi connectivity index (χ4n) is 2.81. The van der Waals surface area contributed by atoms with E-state index in [0.717, 1.165) is 32.1 Å². The van der Waals surface area contributed by atoms with Crippen molar-refractivity contribution in [2.24, 2.45) is 12.0 Å². The standard InChI is InChI=1S/C19H25N5/c1-20-19(22-14-17-8-11-23(2)15-17)21-13-16-6-5-7-18(12-16)24-9-3-4-10-24/h3-8,11-12,15H,9-10,13-14H2,1-2H3,(H2,20,21,22). The van der Waals surface area contributed by atoms with E-state index in [4.69, 9.17) is 0 Å². The summed E-state index contributed by atoms with van der Waals surface area (Å²) in [6, 6.07) is 10.8. The lowest BCUT2D eigenvalue weighted by atomic mass is 10.2. The maximum Gasteiger partial charge on any atom is 0.191 e. The molecule has 0 atom stereocenters. The highest BCUT2D eigenvalue weighted by atomic mass is 15.2. The minimum Gasteiger partial charge on any atom is -0.364 e. The van der Waals surface area contributed by atoms with E-state index in [1.807, 2.05) is 17.8 Å². The van der Waals surface area contributed by atoms with Crippen LogP contribution in [0.5, 0.6) is 0 Å². The highest BCUT2D eigenvalue weighted by molar-refractivity contribution is 5.79. The zero-order valence-electron chi connectivity index (χ0n) is 14.4. The molecule has 0 saturated carbocycles. The summed E-state index contributed by atoms with van der Waals surface area (Å²) in [4.78, 5) is 6.65. The molecular weight excluding hydrogens is 298 g/mol. The molecule has 0 amide bonds. The summed E-state index contributed by atoms with van der Waals surface area (Å²) in [7, 11) is 3.83. The molecule has 0 radical (unpaired) electrons. The predicted octanol–water partition coefficient (Wildman–Crippen LogP) is 2.27. The van der Waals surface area contributed by atoms with Crippen LogP contribution in [0, 0.1) is 0 Å². The Bertz CT molecular complexity index is 721. The van der Waals surface area contributed by atoms with Gasteiger partial charge in [-0.3, -0.25) is 4.99 Å². The number of hydrogen-bond acceptors (Lipinski definition) is 2. The van der Waals surface area contributed by atoms with Gasteiger partial charge in [-0.25, -0.2) is 0 Å². The van der Waals surface area contributed by atoms with Crippen molar-refractivity contribution in [3.63, 3.8) is 0 Å². The van der Waals surface area contributed by atoms with Crippen LogP contribution in [0.3, 0.4) is 0 Å². The van der Waals surface area contributed by atoms with Crippen LogP contribution < -0.4 is 15.5 Å². The van der Waals surface area contributed by atoms with Crippen LogP contribution in [0.15, 0.2) is 59.9 Å². The van der Waals surface area contributed by atoms with Crippen molar-refractivity contribution in [2.45, 2.75) is 13.1 Å². The largest absolute Gasteiger partial charge is 0.364 e. The van der Waals surface area contributed by atoms with E-state index in [-0.39, 0.29) is 0 Å². The van der Waals surface area contributed by atoms with Crippen molar-refractivity contribution in [3.05, 3.63) is 66.0 Å². The lowest BCUT2D eigenvalue weighted by Gasteiger charge is -2.19. The first-order chi connectivity index (χ1) is 11.7. The number of anilines is 1. The van der Waals surface area contributed by atoms with Crippen LogP contribution >= 0.6 is 0 Å². The second-order valence-corrected chi connectivity index (χ2v) is 6.01. The molecule has 2 N–H and O–H groups in total. The Labute approximate surface area is 143 Å². The van der Waals surface area contributed by atoms with Gasteiger partial charge in [0.05, 0.1) is 0 Å². The molecule has 0 unspecified atom stereocenters. The van der Waals surface area contributed by atoms with E-state index in [2.05, 4.69) is 69.2 Å². The average Bonchev–Trinajstić information content (AvgIpc) is 3.27. The Morgan fingerprint density at radius 3 is 2.50 bits per heavy atom. The zero-order chi connectivity index (χ0) is 16.8. The number of benzene rings is 1. The van der Waals surface area contributed by atoms with Gasteiger partial charge in [0.2, 0.25) is 0 Å². The number of guanidine groups is 1. The van der Waals surface area contributed by atoms with Crippen LogP contribution in [-0.2, 0) is 20.1 Å². The number of aliphatic imine (C=N–C) groups is 1. The molecule has 126 valence electrons. The van der Waals surface area contributed by atoms with Crippen LogP contribution in [0.1, 0.15) is 11.1 Å². The van der Waals surface area contributed by atoms with Gasteiger partial charge in [0, 0.05) is 58.4 Å². The summed E-state index contributed by atoms with van der Waals surface area (Å²) in [6.45, 7) is 3.51. The Hall–Kier alpha value is -2.69. The van der Waals surface area contributed by atoms with Crippen LogP contribution in [0.25, 0.3) is 0 Å². The van der Waals surface area contributed by atoms with Gasteiger partial charge in [-0.1, -0.05) is 24.3 Å². The molecule has 0 aliphatic carbocycles. The monoisotopic (exact) mass is 323 g/mol. The Kier molecular flexibility index (Phi) is 5.21. The van der Waals surface area contributed by atoms with E-state index < -0.39 is 0 Å². The van der Waals surface area contributed by atoms with E-state index in [0.29, 0.717) is 0 Å². The molecule has 1 aromatic heterocycles. The third kappa shape index (κ3) is 4.19. The minimum atomic E-state index is 0.754. The molecule has 0 bridgehead atoms. The van der Waals surface area contributed by atoms with Crippen molar-refractivity contribution in [1.29, 1.82) is 0 Å². The molecule has 1 aliphatic heterocycles. The fourth-order valence-corrected chi connectivity index (χ4v) is 2.81. The quantitative estimate of drug-likeness (QED) is 0.504. The topological polar surface area (TPSA) is 44.6 Å².